The SMILES string of the molecule is C/C=C\c1c(Cl)cc2c(cnn2C2CCCCO2)c1B1OC(C)(C)C(C)(C)O1. The number of rotatable bonds is 3. The van der Waals surface area contributed by atoms with Gasteiger partial charge in [0, 0.05) is 22.5 Å². The van der Waals surface area contributed by atoms with Gasteiger partial charge in [0.05, 0.1) is 22.9 Å². The minimum atomic E-state index is -0.512. The molecule has 1 unspecified atom stereocenters. The molecule has 7 heteroatoms. The van der Waals surface area contributed by atoms with Crippen molar-refractivity contribution >= 4 is 41.2 Å². The van der Waals surface area contributed by atoms with E-state index in [-0.39, 0.29) is 6.23 Å². The van der Waals surface area contributed by atoms with Gasteiger partial charge in [0.2, 0.25) is 0 Å². The van der Waals surface area contributed by atoms with Crippen molar-refractivity contribution in [3.63, 3.8) is 0 Å². The Balaban J connectivity index is 1.88. The Morgan fingerprint density at radius 1 is 1.21 bits per heavy atom. The number of halogens is 1. The van der Waals surface area contributed by atoms with Crippen LogP contribution in [0.5, 0.6) is 0 Å². The van der Waals surface area contributed by atoms with Crippen LogP contribution in [-0.4, -0.2) is 34.7 Å². The molecule has 2 aliphatic rings. The molecule has 0 saturated carbocycles. The van der Waals surface area contributed by atoms with E-state index >= 15 is 0 Å². The predicted molar refractivity (Wildman–Crippen MR) is 114 cm³/mol. The van der Waals surface area contributed by atoms with E-state index in [4.69, 9.17) is 25.6 Å². The maximum absolute atomic E-state index is 6.73. The van der Waals surface area contributed by atoms with E-state index in [1.54, 1.807) is 0 Å². The van der Waals surface area contributed by atoms with Crippen LogP contribution in [0.4, 0.5) is 0 Å². The van der Waals surface area contributed by atoms with E-state index in [1.807, 2.05) is 36.0 Å². The highest BCUT2D eigenvalue weighted by atomic mass is 35.5. The molecule has 1 aromatic carbocycles. The van der Waals surface area contributed by atoms with Gasteiger partial charge in [-0.05, 0) is 65.5 Å². The average molecular weight is 403 g/mol. The zero-order valence-corrected chi connectivity index (χ0v) is 18.0. The minimum absolute atomic E-state index is 0.0546. The van der Waals surface area contributed by atoms with Crippen LogP contribution in [0.2, 0.25) is 5.02 Å². The fraction of sp³-hybridized carbons (Fsp3) is 0.571. The minimum Gasteiger partial charge on any atom is -0.399 e. The van der Waals surface area contributed by atoms with Crippen molar-refractivity contribution in [1.29, 1.82) is 0 Å². The van der Waals surface area contributed by atoms with Crippen LogP contribution in [0.3, 0.4) is 0 Å². The van der Waals surface area contributed by atoms with Crippen LogP contribution < -0.4 is 5.46 Å². The standard InChI is InChI=1S/C21H28BClN2O3/c1-6-9-14-16(23)12-17-15(13-24-25(17)18-10-7-8-11-26-18)19(14)22-27-20(2,3)21(4,5)28-22/h6,9,12-13,18H,7-8,10-11H2,1-5H3/b9-6-. The third-order valence-electron chi connectivity index (χ3n) is 6.19. The molecule has 1 atom stereocenters. The van der Waals surface area contributed by atoms with E-state index in [9.17, 15) is 0 Å². The van der Waals surface area contributed by atoms with E-state index in [0.717, 1.165) is 47.8 Å². The van der Waals surface area contributed by atoms with E-state index in [0.29, 0.717) is 5.02 Å². The fourth-order valence-electron chi connectivity index (χ4n) is 3.89. The molecule has 150 valence electrons. The molecule has 0 radical (unpaired) electrons. The van der Waals surface area contributed by atoms with E-state index in [2.05, 4.69) is 32.8 Å². The van der Waals surface area contributed by atoms with Gasteiger partial charge in [-0.15, -0.1) is 0 Å². The van der Waals surface area contributed by atoms with Crippen molar-refractivity contribution in [2.75, 3.05) is 6.61 Å². The highest BCUT2D eigenvalue weighted by Gasteiger charge is 2.52. The summed E-state index contributed by atoms with van der Waals surface area (Å²) < 4.78 is 20.7. The molecule has 0 spiro atoms. The third-order valence-corrected chi connectivity index (χ3v) is 6.50. The van der Waals surface area contributed by atoms with Gasteiger partial charge < -0.3 is 14.0 Å². The second-order valence-electron chi connectivity index (χ2n) is 8.62. The number of benzene rings is 1. The first-order chi connectivity index (χ1) is 13.2. The van der Waals surface area contributed by atoms with Crippen molar-refractivity contribution < 1.29 is 14.0 Å². The van der Waals surface area contributed by atoms with E-state index in [1.165, 1.54) is 0 Å². The summed E-state index contributed by atoms with van der Waals surface area (Å²) in [6.07, 6.45) is 9.02. The summed E-state index contributed by atoms with van der Waals surface area (Å²) >= 11 is 6.73. The molecule has 3 heterocycles. The lowest BCUT2D eigenvalue weighted by Gasteiger charge is -2.32. The van der Waals surface area contributed by atoms with Crippen molar-refractivity contribution in [2.45, 2.75) is 71.3 Å². The summed E-state index contributed by atoms with van der Waals surface area (Å²) in [7, 11) is -0.512. The van der Waals surface area contributed by atoms with Gasteiger partial charge in [-0.2, -0.15) is 5.10 Å². The van der Waals surface area contributed by atoms with Crippen molar-refractivity contribution in [3.05, 3.63) is 28.9 Å². The summed E-state index contributed by atoms with van der Waals surface area (Å²) in [4.78, 5) is 0. The highest BCUT2D eigenvalue weighted by Crippen LogP contribution is 2.38. The van der Waals surface area contributed by atoms with Gasteiger partial charge in [0.15, 0.2) is 6.23 Å². The number of nitrogens with zero attached hydrogens (tertiary/aromatic N) is 2. The molecule has 1 aromatic heterocycles. The number of ether oxygens (including phenoxy) is 1. The van der Waals surface area contributed by atoms with Gasteiger partial charge in [-0.3, -0.25) is 0 Å². The van der Waals surface area contributed by atoms with Crippen molar-refractivity contribution in [3.8, 4) is 0 Å². The van der Waals surface area contributed by atoms with Gasteiger partial charge in [-0.1, -0.05) is 23.8 Å². The van der Waals surface area contributed by atoms with Crippen LogP contribution in [0.1, 0.15) is 65.7 Å². The second kappa shape index (κ2) is 7.17. The maximum atomic E-state index is 6.73. The molecule has 0 bridgehead atoms. The molecule has 2 aliphatic heterocycles. The van der Waals surface area contributed by atoms with Crippen molar-refractivity contribution in [2.24, 2.45) is 0 Å². The van der Waals surface area contributed by atoms with E-state index < -0.39 is 18.3 Å². The zero-order valence-electron chi connectivity index (χ0n) is 17.3. The van der Waals surface area contributed by atoms with Gasteiger partial charge in [0.1, 0.15) is 0 Å². The summed E-state index contributed by atoms with van der Waals surface area (Å²) in [5.41, 5.74) is 1.94. The van der Waals surface area contributed by atoms with Gasteiger partial charge in [-0.25, -0.2) is 4.68 Å². The fourth-order valence-corrected chi connectivity index (χ4v) is 4.16. The lowest BCUT2D eigenvalue weighted by Crippen LogP contribution is -2.41. The highest BCUT2D eigenvalue weighted by molar-refractivity contribution is 6.66. The number of hydrogen-bond donors (Lipinski definition) is 0. The Kier molecular flexibility index (Phi) is 5.11. The van der Waals surface area contributed by atoms with Gasteiger partial charge >= 0.3 is 7.12 Å². The Morgan fingerprint density at radius 3 is 2.54 bits per heavy atom. The molecule has 5 nitrogen and oxygen atoms in total. The molecule has 2 aromatic rings. The largest absolute Gasteiger partial charge is 0.496 e. The summed E-state index contributed by atoms with van der Waals surface area (Å²) in [6.45, 7) is 11.0. The maximum Gasteiger partial charge on any atom is 0.496 e. The smallest absolute Gasteiger partial charge is 0.399 e. The zero-order chi connectivity index (χ0) is 20.1. The average Bonchev–Trinajstić information content (AvgIpc) is 3.14. The normalized spacial score (nSPS) is 24.5. The number of aromatic nitrogens is 2. The van der Waals surface area contributed by atoms with Crippen LogP contribution in [0, 0.1) is 0 Å². The molecule has 0 N–H and O–H groups in total. The van der Waals surface area contributed by atoms with Crippen LogP contribution in [-0.2, 0) is 14.0 Å². The topological polar surface area (TPSA) is 45.5 Å². The lowest BCUT2D eigenvalue weighted by molar-refractivity contribution is -0.0366. The molecule has 2 fully saturated rings. The van der Waals surface area contributed by atoms with Crippen LogP contribution in [0.15, 0.2) is 18.3 Å². The molecule has 2 saturated heterocycles. The summed E-state index contributed by atoms with van der Waals surface area (Å²) in [6, 6.07) is 1.98. The Bertz CT molecular complexity index is 900. The Morgan fingerprint density at radius 2 is 1.93 bits per heavy atom. The van der Waals surface area contributed by atoms with Gasteiger partial charge in [0.25, 0.3) is 0 Å². The molecular weight excluding hydrogens is 375 g/mol. The Labute approximate surface area is 172 Å². The van der Waals surface area contributed by atoms with Crippen LogP contribution in [0.25, 0.3) is 17.0 Å². The lowest BCUT2D eigenvalue weighted by atomic mass is 9.73. The molecule has 0 aliphatic carbocycles. The first-order valence-corrected chi connectivity index (χ1v) is 10.4. The molecule has 28 heavy (non-hydrogen) atoms. The molecular formula is C21H28BClN2O3. The molecule has 4 rings (SSSR count). The summed E-state index contributed by atoms with van der Waals surface area (Å²) in [5.74, 6) is 0. The first-order valence-electron chi connectivity index (χ1n) is 10.0. The number of fused-ring (bicyclic) bond motifs is 1. The number of hydrogen-bond acceptors (Lipinski definition) is 4. The van der Waals surface area contributed by atoms with Crippen molar-refractivity contribution in [1.82, 2.24) is 9.78 Å². The molecule has 0 amide bonds. The monoisotopic (exact) mass is 402 g/mol. The third kappa shape index (κ3) is 3.20. The Hall–Kier alpha value is -1.34. The first kappa shape index (κ1) is 20.0. The summed E-state index contributed by atoms with van der Waals surface area (Å²) in [5, 5.41) is 6.31. The number of allylic oxidation sites excluding steroid dienone is 1. The quantitative estimate of drug-likeness (QED) is 0.697. The van der Waals surface area contributed by atoms with Crippen LogP contribution >= 0.6 is 11.6 Å². The predicted octanol–water partition coefficient (Wildman–Crippen LogP) is 4.72. The second-order valence-corrected chi connectivity index (χ2v) is 9.02.